The molecule has 1 aliphatic rings. The van der Waals surface area contributed by atoms with Gasteiger partial charge in [-0.3, -0.25) is 0 Å². The van der Waals surface area contributed by atoms with Gasteiger partial charge in [0.2, 0.25) is 0 Å². The predicted molar refractivity (Wildman–Crippen MR) is 78.2 cm³/mol. The van der Waals surface area contributed by atoms with Crippen LogP contribution in [-0.2, 0) is 6.42 Å². The highest BCUT2D eigenvalue weighted by Crippen LogP contribution is 2.38. The van der Waals surface area contributed by atoms with Gasteiger partial charge in [-0.15, -0.1) is 0 Å². The van der Waals surface area contributed by atoms with Gasteiger partial charge in [0.05, 0.1) is 18.2 Å². The predicted octanol–water partition coefficient (Wildman–Crippen LogP) is 3.04. The molecule has 1 aromatic heterocycles. The molecule has 0 amide bonds. The van der Waals surface area contributed by atoms with Gasteiger partial charge in [-0.05, 0) is 38.8 Å². The lowest BCUT2D eigenvalue weighted by molar-refractivity contribution is 0.608. The SMILES string of the molecule is CNC(C)Cc1ccccc1-c1cncn1C1CC1. The second-order valence-electron chi connectivity index (χ2n) is 5.47. The molecule has 0 radical (unpaired) electrons. The molecule has 19 heavy (non-hydrogen) atoms. The molecule has 0 bridgehead atoms. The van der Waals surface area contributed by atoms with Crippen LogP contribution in [0.1, 0.15) is 31.4 Å². The molecule has 0 aliphatic heterocycles. The highest BCUT2D eigenvalue weighted by molar-refractivity contribution is 5.64. The average molecular weight is 255 g/mol. The summed E-state index contributed by atoms with van der Waals surface area (Å²) in [5.74, 6) is 0. The van der Waals surface area contributed by atoms with E-state index < -0.39 is 0 Å². The Morgan fingerprint density at radius 1 is 1.37 bits per heavy atom. The highest BCUT2D eigenvalue weighted by atomic mass is 15.1. The van der Waals surface area contributed by atoms with Gasteiger partial charge in [-0.2, -0.15) is 0 Å². The van der Waals surface area contributed by atoms with Crippen LogP contribution in [0.15, 0.2) is 36.8 Å². The number of rotatable bonds is 5. The molecule has 1 atom stereocenters. The summed E-state index contributed by atoms with van der Waals surface area (Å²) in [6.07, 6.45) is 7.60. The Balaban J connectivity index is 1.97. The molecule has 0 spiro atoms. The summed E-state index contributed by atoms with van der Waals surface area (Å²) in [6.45, 7) is 2.22. The van der Waals surface area contributed by atoms with Crippen molar-refractivity contribution in [1.82, 2.24) is 14.9 Å². The summed E-state index contributed by atoms with van der Waals surface area (Å²) in [7, 11) is 2.02. The topological polar surface area (TPSA) is 29.9 Å². The van der Waals surface area contributed by atoms with Crippen LogP contribution >= 0.6 is 0 Å². The lowest BCUT2D eigenvalue weighted by Gasteiger charge is -2.15. The zero-order valence-corrected chi connectivity index (χ0v) is 11.6. The van der Waals surface area contributed by atoms with Crippen LogP contribution in [0.2, 0.25) is 0 Å². The summed E-state index contributed by atoms with van der Waals surface area (Å²) in [5, 5.41) is 3.31. The molecule has 1 unspecified atom stereocenters. The number of imidazole rings is 1. The number of hydrogen-bond acceptors (Lipinski definition) is 2. The number of likely N-dealkylation sites (N-methyl/N-ethyl adjacent to an activating group) is 1. The van der Waals surface area contributed by atoms with Gasteiger partial charge in [0, 0.05) is 17.6 Å². The van der Waals surface area contributed by atoms with Crippen molar-refractivity contribution in [2.24, 2.45) is 0 Å². The summed E-state index contributed by atoms with van der Waals surface area (Å²) in [4.78, 5) is 4.35. The summed E-state index contributed by atoms with van der Waals surface area (Å²) in [5.41, 5.74) is 3.99. The van der Waals surface area contributed by atoms with E-state index in [1.807, 2.05) is 19.6 Å². The molecule has 3 nitrogen and oxygen atoms in total. The monoisotopic (exact) mass is 255 g/mol. The largest absolute Gasteiger partial charge is 0.327 e. The van der Waals surface area contributed by atoms with E-state index in [2.05, 4.69) is 46.1 Å². The van der Waals surface area contributed by atoms with E-state index >= 15 is 0 Å². The number of nitrogens with zero attached hydrogens (tertiary/aromatic N) is 2. The molecular weight excluding hydrogens is 234 g/mol. The van der Waals surface area contributed by atoms with Crippen molar-refractivity contribution < 1.29 is 0 Å². The molecule has 1 fully saturated rings. The number of aromatic nitrogens is 2. The van der Waals surface area contributed by atoms with Crippen molar-refractivity contribution in [3.05, 3.63) is 42.4 Å². The van der Waals surface area contributed by atoms with Crippen LogP contribution in [-0.4, -0.2) is 22.6 Å². The Hall–Kier alpha value is -1.61. The van der Waals surface area contributed by atoms with Gasteiger partial charge in [0.1, 0.15) is 0 Å². The van der Waals surface area contributed by atoms with Gasteiger partial charge in [0.15, 0.2) is 0 Å². The van der Waals surface area contributed by atoms with Gasteiger partial charge in [-0.1, -0.05) is 24.3 Å². The molecule has 3 heteroatoms. The van der Waals surface area contributed by atoms with Gasteiger partial charge >= 0.3 is 0 Å². The summed E-state index contributed by atoms with van der Waals surface area (Å²) >= 11 is 0. The van der Waals surface area contributed by atoms with Crippen LogP contribution in [0.3, 0.4) is 0 Å². The Bertz CT molecular complexity index is 555. The summed E-state index contributed by atoms with van der Waals surface area (Å²) < 4.78 is 2.34. The third-order valence-corrected chi connectivity index (χ3v) is 3.92. The van der Waals surface area contributed by atoms with Crippen molar-refractivity contribution in [2.75, 3.05) is 7.05 Å². The normalized spacial score (nSPS) is 16.5. The van der Waals surface area contributed by atoms with E-state index in [4.69, 9.17) is 0 Å². The van der Waals surface area contributed by atoms with Crippen LogP contribution < -0.4 is 5.32 Å². The molecular formula is C16H21N3. The summed E-state index contributed by atoms with van der Waals surface area (Å²) in [6, 6.07) is 9.85. The van der Waals surface area contributed by atoms with E-state index in [0.29, 0.717) is 12.1 Å². The van der Waals surface area contributed by atoms with Crippen LogP contribution in [0.5, 0.6) is 0 Å². The van der Waals surface area contributed by atoms with Crippen molar-refractivity contribution >= 4 is 0 Å². The van der Waals surface area contributed by atoms with E-state index in [0.717, 1.165) is 6.42 Å². The molecule has 3 rings (SSSR count). The molecule has 1 aromatic carbocycles. The van der Waals surface area contributed by atoms with Crippen LogP contribution in [0.25, 0.3) is 11.3 Å². The minimum atomic E-state index is 0.485. The first-order valence-electron chi connectivity index (χ1n) is 7.07. The second kappa shape index (κ2) is 5.17. The van der Waals surface area contributed by atoms with Gasteiger partial charge in [-0.25, -0.2) is 4.98 Å². The fraction of sp³-hybridized carbons (Fsp3) is 0.438. The van der Waals surface area contributed by atoms with Crippen molar-refractivity contribution in [2.45, 2.75) is 38.3 Å². The second-order valence-corrected chi connectivity index (χ2v) is 5.47. The third kappa shape index (κ3) is 2.56. The van der Waals surface area contributed by atoms with Crippen molar-refractivity contribution in [1.29, 1.82) is 0 Å². The Morgan fingerprint density at radius 2 is 2.16 bits per heavy atom. The first-order chi connectivity index (χ1) is 9.29. The van der Waals surface area contributed by atoms with Crippen LogP contribution in [0, 0.1) is 0 Å². The van der Waals surface area contributed by atoms with Crippen molar-refractivity contribution in [3.63, 3.8) is 0 Å². The Labute approximate surface area is 114 Å². The number of benzene rings is 1. The zero-order valence-electron chi connectivity index (χ0n) is 11.6. The highest BCUT2D eigenvalue weighted by Gasteiger charge is 2.26. The van der Waals surface area contributed by atoms with E-state index in [-0.39, 0.29) is 0 Å². The fourth-order valence-corrected chi connectivity index (χ4v) is 2.54. The van der Waals surface area contributed by atoms with Crippen molar-refractivity contribution in [3.8, 4) is 11.3 Å². The smallest absolute Gasteiger partial charge is 0.0953 e. The molecule has 1 saturated carbocycles. The zero-order chi connectivity index (χ0) is 13.2. The van der Waals surface area contributed by atoms with E-state index in [1.54, 1.807) is 0 Å². The van der Waals surface area contributed by atoms with E-state index in [9.17, 15) is 0 Å². The fourth-order valence-electron chi connectivity index (χ4n) is 2.54. The standard InChI is InChI=1S/C16H21N3/c1-12(17-2)9-13-5-3-4-6-15(13)16-10-18-11-19(16)14-7-8-14/h3-6,10-12,14,17H,7-9H2,1-2H3. The minimum absolute atomic E-state index is 0.485. The quantitative estimate of drug-likeness (QED) is 0.890. The third-order valence-electron chi connectivity index (χ3n) is 3.92. The molecule has 2 aromatic rings. The average Bonchev–Trinajstić information content (AvgIpc) is 3.17. The van der Waals surface area contributed by atoms with Crippen LogP contribution in [0.4, 0.5) is 0 Å². The lowest BCUT2D eigenvalue weighted by Crippen LogP contribution is -2.23. The van der Waals surface area contributed by atoms with Gasteiger partial charge < -0.3 is 9.88 Å². The Morgan fingerprint density at radius 3 is 2.89 bits per heavy atom. The molecule has 100 valence electrons. The maximum Gasteiger partial charge on any atom is 0.0953 e. The molecule has 1 heterocycles. The molecule has 0 saturated heterocycles. The van der Waals surface area contributed by atoms with E-state index in [1.165, 1.54) is 29.7 Å². The minimum Gasteiger partial charge on any atom is -0.327 e. The maximum atomic E-state index is 4.35. The van der Waals surface area contributed by atoms with Gasteiger partial charge in [0.25, 0.3) is 0 Å². The lowest BCUT2D eigenvalue weighted by atomic mass is 9.99. The molecule has 1 N–H and O–H groups in total. The number of hydrogen-bond donors (Lipinski definition) is 1. The first-order valence-corrected chi connectivity index (χ1v) is 7.07. The maximum absolute atomic E-state index is 4.35. The molecule has 1 aliphatic carbocycles. The first kappa shape index (κ1) is 12.4. The number of nitrogens with one attached hydrogen (secondary N) is 1. The Kier molecular flexibility index (Phi) is 3.38.